The molecule has 2 aliphatic rings. The van der Waals surface area contributed by atoms with E-state index < -0.39 is 10.7 Å². The zero-order chi connectivity index (χ0) is 26.5. The standard InChI is InChI=1S/C31H35N3O3S/c1-3-37-30(36)31(23-25-11-9-10-24(2)22-25)29(35)34(27-14-7-8-15-28(27)38-31)21-18-32-16-19-33(20-17-32)26-12-5-4-6-13-26/h4-15,22H,3,16-21,23H2,1-2H3. The maximum absolute atomic E-state index is 14.3. The van der Waals surface area contributed by atoms with E-state index in [-0.39, 0.29) is 18.9 Å². The molecule has 0 saturated carbocycles. The molecule has 6 nitrogen and oxygen atoms in total. The van der Waals surface area contributed by atoms with Crippen molar-refractivity contribution in [3.8, 4) is 0 Å². The Morgan fingerprint density at radius 1 is 0.921 bits per heavy atom. The predicted molar refractivity (Wildman–Crippen MR) is 154 cm³/mol. The van der Waals surface area contributed by atoms with Crippen molar-refractivity contribution in [2.24, 2.45) is 0 Å². The van der Waals surface area contributed by atoms with Gasteiger partial charge in [-0.2, -0.15) is 0 Å². The van der Waals surface area contributed by atoms with Crippen LogP contribution in [0.4, 0.5) is 11.4 Å². The summed E-state index contributed by atoms with van der Waals surface area (Å²) in [7, 11) is 0. The van der Waals surface area contributed by atoms with Crippen molar-refractivity contribution in [3.63, 3.8) is 0 Å². The van der Waals surface area contributed by atoms with Gasteiger partial charge in [0.1, 0.15) is 0 Å². The molecule has 5 rings (SSSR count). The van der Waals surface area contributed by atoms with Gasteiger partial charge in [-0.3, -0.25) is 9.69 Å². The molecule has 1 amide bonds. The fourth-order valence-corrected chi connectivity index (χ4v) is 6.71. The summed E-state index contributed by atoms with van der Waals surface area (Å²) >= 11 is 1.34. The minimum atomic E-state index is -1.36. The number of benzene rings is 3. The zero-order valence-electron chi connectivity index (χ0n) is 22.1. The number of rotatable bonds is 8. The van der Waals surface area contributed by atoms with Crippen molar-refractivity contribution >= 4 is 35.0 Å². The van der Waals surface area contributed by atoms with E-state index in [2.05, 4.69) is 34.1 Å². The highest BCUT2D eigenvalue weighted by atomic mass is 32.2. The molecule has 1 fully saturated rings. The molecule has 0 N–H and O–H groups in total. The molecule has 3 aromatic rings. The molecule has 1 saturated heterocycles. The first-order chi connectivity index (χ1) is 18.5. The first-order valence-corrected chi connectivity index (χ1v) is 14.2. The van der Waals surface area contributed by atoms with Crippen molar-refractivity contribution < 1.29 is 14.3 Å². The van der Waals surface area contributed by atoms with Crippen LogP contribution >= 0.6 is 11.8 Å². The summed E-state index contributed by atoms with van der Waals surface area (Å²) in [6.07, 6.45) is 0.289. The van der Waals surface area contributed by atoms with Gasteiger partial charge in [0.05, 0.1) is 12.3 Å². The van der Waals surface area contributed by atoms with Crippen LogP contribution in [-0.2, 0) is 20.7 Å². The van der Waals surface area contributed by atoms with Gasteiger partial charge < -0.3 is 14.5 Å². The molecular weight excluding hydrogens is 494 g/mol. The number of ether oxygens (including phenoxy) is 1. The maximum Gasteiger partial charge on any atom is 0.332 e. The maximum atomic E-state index is 14.3. The first kappa shape index (κ1) is 26.3. The van der Waals surface area contributed by atoms with Crippen molar-refractivity contribution in [2.75, 3.05) is 55.7 Å². The van der Waals surface area contributed by atoms with Crippen LogP contribution in [0.1, 0.15) is 18.1 Å². The van der Waals surface area contributed by atoms with Crippen LogP contribution in [0.2, 0.25) is 0 Å². The number of esters is 1. The number of hydrogen-bond donors (Lipinski definition) is 0. The van der Waals surface area contributed by atoms with Crippen molar-refractivity contribution in [1.29, 1.82) is 0 Å². The number of nitrogens with zero attached hydrogens (tertiary/aromatic N) is 3. The van der Waals surface area contributed by atoms with Crippen molar-refractivity contribution in [2.45, 2.75) is 29.9 Å². The fourth-order valence-electron chi connectivity index (χ4n) is 5.33. The van der Waals surface area contributed by atoms with E-state index in [9.17, 15) is 9.59 Å². The van der Waals surface area contributed by atoms with E-state index >= 15 is 0 Å². The van der Waals surface area contributed by atoms with Crippen LogP contribution < -0.4 is 9.80 Å². The second-order valence-electron chi connectivity index (χ2n) is 9.90. The average molecular weight is 530 g/mol. The smallest absolute Gasteiger partial charge is 0.332 e. The SMILES string of the molecule is CCOC(=O)C1(Cc2cccc(C)c2)Sc2ccccc2N(CCN2CCN(c3ccccc3)CC2)C1=O. The van der Waals surface area contributed by atoms with Crippen LogP contribution in [0.3, 0.4) is 0 Å². The van der Waals surface area contributed by atoms with E-state index in [1.807, 2.05) is 66.4 Å². The molecule has 2 aliphatic heterocycles. The minimum Gasteiger partial charge on any atom is -0.465 e. The summed E-state index contributed by atoms with van der Waals surface area (Å²) in [5, 5.41) is 0. The van der Waals surface area contributed by atoms with Crippen LogP contribution in [0, 0.1) is 6.92 Å². The van der Waals surface area contributed by atoms with Gasteiger partial charge in [0, 0.05) is 56.3 Å². The summed E-state index contributed by atoms with van der Waals surface area (Å²) in [4.78, 5) is 35.4. The number of carbonyl (C=O) groups is 2. The molecule has 2 heterocycles. The summed E-state index contributed by atoms with van der Waals surface area (Å²) < 4.78 is 4.19. The van der Waals surface area contributed by atoms with Crippen LogP contribution in [0.15, 0.2) is 83.8 Å². The quantitative estimate of drug-likeness (QED) is 0.309. The molecule has 0 radical (unpaired) electrons. The van der Waals surface area contributed by atoms with Gasteiger partial charge in [0.15, 0.2) is 0 Å². The number of para-hydroxylation sites is 2. The Hall–Kier alpha value is -3.29. The Labute approximate surface area is 229 Å². The average Bonchev–Trinajstić information content (AvgIpc) is 2.94. The van der Waals surface area contributed by atoms with E-state index in [1.165, 1.54) is 17.4 Å². The zero-order valence-corrected chi connectivity index (χ0v) is 23.0. The molecule has 38 heavy (non-hydrogen) atoms. The normalized spacial score (nSPS) is 19.8. The van der Waals surface area contributed by atoms with E-state index in [4.69, 9.17) is 4.74 Å². The van der Waals surface area contributed by atoms with Gasteiger partial charge in [-0.05, 0) is 43.7 Å². The molecule has 3 aromatic carbocycles. The summed E-state index contributed by atoms with van der Waals surface area (Å²) in [5.74, 6) is -0.656. The number of carbonyl (C=O) groups excluding carboxylic acids is 2. The lowest BCUT2D eigenvalue weighted by Gasteiger charge is -2.42. The summed E-state index contributed by atoms with van der Waals surface area (Å²) in [5.41, 5.74) is 4.17. The molecule has 198 valence electrons. The largest absolute Gasteiger partial charge is 0.465 e. The molecular formula is C31H35N3O3S. The number of thioether (sulfide) groups is 1. The summed E-state index contributed by atoms with van der Waals surface area (Å²) in [6.45, 7) is 9.07. The van der Waals surface area contributed by atoms with Crippen molar-refractivity contribution in [1.82, 2.24) is 4.90 Å². The van der Waals surface area contributed by atoms with Gasteiger partial charge in [-0.15, -0.1) is 0 Å². The van der Waals surface area contributed by atoms with Crippen LogP contribution in [0.25, 0.3) is 0 Å². The number of amides is 1. The summed E-state index contributed by atoms with van der Waals surface area (Å²) in [6, 6.07) is 26.4. The lowest BCUT2D eigenvalue weighted by molar-refractivity contribution is -0.149. The highest BCUT2D eigenvalue weighted by molar-refractivity contribution is 8.02. The van der Waals surface area contributed by atoms with E-state index in [0.29, 0.717) is 6.54 Å². The predicted octanol–water partition coefficient (Wildman–Crippen LogP) is 4.80. The topological polar surface area (TPSA) is 53.1 Å². The van der Waals surface area contributed by atoms with Crippen LogP contribution in [-0.4, -0.2) is 67.4 Å². The van der Waals surface area contributed by atoms with Gasteiger partial charge in [0.25, 0.3) is 5.91 Å². The highest BCUT2D eigenvalue weighted by Crippen LogP contribution is 2.47. The highest BCUT2D eigenvalue weighted by Gasteiger charge is 2.54. The second-order valence-corrected chi connectivity index (χ2v) is 11.2. The Morgan fingerprint density at radius 2 is 1.66 bits per heavy atom. The lowest BCUT2D eigenvalue weighted by atomic mass is 9.95. The van der Waals surface area contributed by atoms with Gasteiger partial charge in [-0.1, -0.05) is 71.9 Å². The first-order valence-electron chi connectivity index (χ1n) is 13.4. The molecule has 1 unspecified atom stereocenters. The third kappa shape index (κ3) is 5.45. The number of anilines is 2. The second kappa shape index (κ2) is 11.6. The fraction of sp³-hybridized carbons (Fsp3) is 0.355. The lowest BCUT2D eigenvalue weighted by Crippen LogP contribution is -2.58. The molecule has 7 heteroatoms. The van der Waals surface area contributed by atoms with Crippen molar-refractivity contribution in [3.05, 3.63) is 90.0 Å². The number of fused-ring (bicyclic) bond motifs is 1. The molecule has 1 atom stereocenters. The molecule has 0 aliphatic carbocycles. The number of aryl methyl sites for hydroxylation is 1. The third-order valence-electron chi connectivity index (χ3n) is 7.31. The Kier molecular flexibility index (Phi) is 8.05. The van der Waals surface area contributed by atoms with Gasteiger partial charge in [-0.25, -0.2) is 4.79 Å². The Bertz CT molecular complexity index is 1280. The van der Waals surface area contributed by atoms with Crippen LogP contribution in [0.5, 0.6) is 0 Å². The number of hydrogen-bond acceptors (Lipinski definition) is 6. The molecule has 0 bridgehead atoms. The van der Waals surface area contributed by atoms with Gasteiger partial charge in [0.2, 0.25) is 4.75 Å². The third-order valence-corrected chi connectivity index (χ3v) is 8.70. The van der Waals surface area contributed by atoms with E-state index in [0.717, 1.165) is 54.4 Å². The Balaban J connectivity index is 1.37. The van der Waals surface area contributed by atoms with E-state index in [1.54, 1.807) is 6.92 Å². The minimum absolute atomic E-state index is 0.191. The number of piperazine rings is 1. The molecule has 0 spiro atoms. The monoisotopic (exact) mass is 529 g/mol. The van der Waals surface area contributed by atoms with Gasteiger partial charge >= 0.3 is 5.97 Å². The molecule has 0 aromatic heterocycles. The Morgan fingerprint density at radius 3 is 2.39 bits per heavy atom.